The van der Waals surface area contributed by atoms with Crippen LogP contribution in [0.3, 0.4) is 0 Å². The van der Waals surface area contributed by atoms with Crippen molar-refractivity contribution in [2.45, 2.75) is 25.2 Å². The van der Waals surface area contributed by atoms with Crippen LogP contribution in [0.1, 0.15) is 20.3 Å². The predicted molar refractivity (Wildman–Crippen MR) is 81.7 cm³/mol. The molecule has 0 aliphatic heterocycles. The molecule has 0 aromatic heterocycles. The molecule has 3 N–H and O–H groups in total. The number of anilines is 1. The number of halogens is 1. The van der Waals surface area contributed by atoms with E-state index in [-0.39, 0.29) is 5.91 Å². The molecular weight excluding hydrogens is 312 g/mol. The first kappa shape index (κ1) is 15.4. The molecular formula is C13H19BrN2OS. The Balaban J connectivity index is 2.36. The van der Waals surface area contributed by atoms with E-state index in [1.54, 1.807) is 0 Å². The van der Waals surface area contributed by atoms with Crippen molar-refractivity contribution in [3.8, 4) is 0 Å². The van der Waals surface area contributed by atoms with E-state index in [0.717, 1.165) is 22.3 Å². The average molecular weight is 331 g/mol. The van der Waals surface area contributed by atoms with Gasteiger partial charge in [0.25, 0.3) is 0 Å². The molecule has 0 spiro atoms. The number of hydrogen-bond acceptors (Lipinski definition) is 3. The number of rotatable bonds is 6. The SMILES string of the molecule is CC(C)CCNC(=O)CSc1cc(Br)ccc1N. The number of nitrogens with two attached hydrogens (primary N) is 1. The summed E-state index contributed by atoms with van der Waals surface area (Å²) in [6.07, 6.45) is 1.01. The molecule has 0 atom stereocenters. The third kappa shape index (κ3) is 5.78. The van der Waals surface area contributed by atoms with E-state index in [1.807, 2.05) is 18.2 Å². The lowest BCUT2D eigenvalue weighted by molar-refractivity contribution is -0.118. The third-order valence-corrected chi connectivity index (χ3v) is 3.94. The highest BCUT2D eigenvalue weighted by Crippen LogP contribution is 2.27. The highest BCUT2D eigenvalue weighted by Gasteiger charge is 2.06. The number of nitrogen functional groups attached to an aromatic ring is 1. The van der Waals surface area contributed by atoms with Crippen LogP contribution >= 0.6 is 27.7 Å². The summed E-state index contributed by atoms with van der Waals surface area (Å²) in [5, 5.41) is 2.91. The van der Waals surface area contributed by atoms with E-state index in [1.165, 1.54) is 11.8 Å². The lowest BCUT2D eigenvalue weighted by atomic mass is 10.1. The van der Waals surface area contributed by atoms with Crippen molar-refractivity contribution in [3.05, 3.63) is 22.7 Å². The standard InChI is InChI=1S/C13H19BrN2OS/c1-9(2)5-6-16-13(17)8-18-12-7-10(14)3-4-11(12)15/h3-4,7,9H,5-6,8,15H2,1-2H3,(H,16,17). The predicted octanol–water partition coefficient (Wildman–Crippen LogP) is 3.29. The molecule has 0 bridgehead atoms. The number of amides is 1. The highest BCUT2D eigenvalue weighted by atomic mass is 79.9. The number of benzene rings is 1. The zero-order valence-corrected chi connectivity index (χ0v) is 13.1. The van der Waals surface area contributed by atoms with Gasteiger partial charge in [-0.3, -0.25) is 4.79 Å². The second kappa shape index (κ2) is 7.69. The van der Waals surface area contributed by atoms with Crippen LogP contribution in [0.2, 0.25) is 0 Å². The number of carbonyl (C=O) groups excluding carboxylic acids is 1. The van der Waals surface area contributed by atoms with Gasteiger partial charge in [0.15, 0.2) is 0 Å². The Morgan fingerprint density at radius 2 is 2.22 bits per heavy atom. The van der Waals surface area contributed by atoms with Gasteiger partial charge >= 0.3 is 0 Å². The Labute approximate surface area is 121 Å². The zero-order chi connectivity index (χ0) is 13.5. The molecule has 100 valence electrons. The van der Waals surface area contributed by atoms with E-state index < -0.39 is 0 Å². The molecule has 18 heavy (non-hydrogen) atoms. The van der Waals surface area contributed by atoms with E-state index >= 15 is 0 Å². The molecule has 1 aromatic rings. The summed E-state index contributed by atoms with van der Waals surface area (Å²) in [6.45, 7) is 5.03. The normalized spacial score (nSPS) is 10.7. The van der Waals surface area contributed by atoms with Crippen LogP contribution in [0.4, 0.5) is 5.69 Å². The Hall–Kier alpha value is -0.680. The van der Waals surface area contributed by atoms with E-state index in [4.69, 9.17) is 5.73 Å². The summed E-state index contributed by atoms with van der Waals surface area (Å²) < 4.78 is 0.972. The van der Waals surface area contributed by atoms with Gasteiger partial charge in [0.1, 0.15) is 0 Å². The van der Waals surface area contributed by atoms with Gasteiger partial charge in [0.05, 0.1) is 5.75 Å². The first-order chi connectivity index (χ1) is 8.49. The second-order valence-corrected chi connectivity index (χ2v) is 6.44. The molecule has 0 saturated heterocycles. The molecule has 0 radical (unpaired) electrons. The Kier molecular flexibility index (Phi) is 6.57. The maximum absolute atomic E-state index is 11.6. The lowest BCUT2D eigenvalue weighted by Gasteiger charge is -2.08. The van der Waals surface area contributed by atoms with Gasteiger partial charge in [0, 0.05) is 21.6 Å². The summed E-state index contributed by atoms with van der Waals surface area (Å²) in [6, 6.07) is 5.66. The topological polar surface area (TPSA) is 55.1 Å². The van der Waals surface area contributed by atoms with E-state index in [9.17, 15) is 4.79 Å². The number of hydrogen-bond donors (Lipinski definition) is 2. The van der Waals surface area contributed by atoms with Crippen molar-refractivity contribution in [1.29, 1.82) is 0 Å². The fraction of sp³-hybridized carbons (Fsp3) is 0.462. The second-order valence-electron chi connectivity index (χ2n) is 4.50. The van der Waals surface area contributed by atoms with Crippen LogP contribution in [0, 0.1) is 5.92 Å². The van der Waals surface area contributed by atoms with Gasteiger partial charge < -0.3 is 11.1 Å². The zero-order valence-electron chi connectivity index (χ0n) is 10.7. The van der Waals surface area contributed by atoms with Gasteiger partial charge in [-0.25, -0.2) is 0 Å². The first-order valence-electron chi connectivity index (χ1n) is 5.93. The fourth-order valence-electron chi connectivity index (χ4n) is 1.33. The molecule has 3 nitrogen and oxygen atoms in total. The number of thioether (sulfide) groups is 1. The van der Waals surface area contributed by atoms with Crippen LogP contribution in [-0.2, 0) is 4.79 Å². The largest absolute Gasteiger partial charge is 0.398 e. The molecule has 0 aliphatic carbocycles. The van der Waals surface area contributed by atoms with E-state index in [0.29, 0.717) is 17.4 Å². The smallest absolute Gasteiger partial charge is 0.230 e. The van der Waals surface area contributed by atoms with Gasteiger partial charge in [-0.15, -0.1) is 11.8 Å². The summed E-state index contributed by atoms with van der Waals surface area (Å²) in [4.78, 5) is 12.5. The minimum Gasteiger partial charge on any atom is -0.398 e. The van der Waals surface area contributed by atoms with Gasteiger partial charge in [0.2, 0.25) is 5.91 Å². The van der Waals surface area contributed by atoms with Crippen LogP contribution in [-0.4, -0.2) is 18.2 Å². The molecule has 0 saturated carbocycles. The molecule has 1 rings (SSSR count). The number of nitrogens with one attached hydrogen (secondary N) is 1. The Morgan fingerprint density at radius 1 is 1.50 bits per heavy atom. The summed E-state index contributed by atoms with van der Waals surface area (Å²) in [7, 11) is 0. The Morgan fingerprint density at radius 3 is 2.89 bits per heavy atom. The van der Waals surface area contributed by atoms with Gasteiger partial charge in [-0.05, 0) is 30.5 Å². The monoisotopic (exact) mass is 330 g/mol. The van der Waals surface area contributed by atoms with Crippen molar-refractivity contribution in [1.82, 2.24) is 5.32 Å². The van der Waals surface area contributed by atoms with Crippen molar-refractivity contribution < 1.29 is 4.79 Å². The molecule has 0 unspecified atom stereocenters. The van der Waals surface area contributed by atoms with Gasteiger partial charge in [-0.2, -0.15) is 0 Å². The van der Waals surface area contributed by atoms with Crippen molar-refractivity contribution in [2.75, 3.05) is 18.0 Å². The number of carbonyl (C=O) groups is 1. The van der Waals surface area contributed by atoms with Crippen molar-refractivity contribution >= 4 is 39.3 Å². The maximum atomic E-state index is 11.6. The van der Waals surface area contributed by atoms with Crippen molar-refractivity contribution in [2.24, 2.45) is 5.92 Å². The van der Waals surface area contributed by atoms with Crippen LogP contribution in [0.15, 0.2) is 27.6 Å². The lowest BCUT2D eigenvalue weighted by Crippen LogP contribution is -2.26. The summed E-state index contributed by atoms with van der Waals surface area (Å²) in [5.41, 5.74) is 6.55. The first-order valence-corrected chi connectivity index (χ1v) is 7.71. The minimum atomic E-state index is 0.0556. The molecule has 0 aliphatic rings. The molecule has 0 heterocycles. The van der Waals surface area contributed by atoms with E-state index in [2.05, 4.69) is 35.1 Å². The summed E-state index contributed by atoms with van der Waals surface area (Å²) >= 11 is 4.85. The van der Waals surface area contributed by atoms with Crippen LogP contribution < -0.4 is 11.1 Å². The van der Waals surface area contributed by atoms with Crippen LogP contribution in [0.25, 0.3) is 0 Å². The fourth-order valence-corrected chi connectivity index (χ4v) is 2.67. The quantitative estimate of drug-likeness (QED) is 0.621. The Bertz CT molecular complexity index is 410. The third-order valence-electron chi connectivity index (χ3n) is 2.38. The van der Waals surface area contributed by atoms with Gasteiger partial charge in [-0.1, -0.05) is 29.8 Å². The minimum absolute atomic E-state index is 0.0556. The molecule has 1 amide bonds. The molecule has 0 fully saturated rings. The maximum Gasteiger partial charge on any atom is 0.230 e. The molecule has 1 aromatic carbocycles. The van der Waals surface area contributed by atoms with Crippen molar-refractivity contribution in [3.63, 3.8) is 0 Å². The highest BCUT2D eigenvalue weighted by molar-refractivity contribution is 9.10. The van der Waals surface area contributed by atoms with Crippen LogP contribution in [0.5, 0.6) is 0 Å². The average Bonchev–Trinajstić information content (AvgIpc) is 2.30. The summed E-state index contributed by atoms with van der Waals surface area (Å²) in [5.74, 6) is 1.07. The molecule has 5 heteroatoms.